The molecule has 0 bridgehead atoms. The van der Waals surface area contributed by atoms with Gasteiger partial charge in [-0.25, -0.2) is 4.98 Å². The van der Waals surface area contributed by atoms with Gasteiger partial charge in [-0.3, -0.25) is 29.6 Å². The monoisotopic (exact) mass is 498 g/mol. The van der Waals surface area contributed by atoms with Crippen LogP contribution in [0.2, 0.25) is 0 Å². The number of nitro groups is 1. The topological polar surface area (TPSA) is 140 Å². The molecule has 1 amide bonds. The van der Waals surface area contributed by atoms with Crippen molar-refractivity contribution in [3.63, 3.8) is 0 Å². The Bertz CT molecular complexity index is 1710. The molecule has 10 nitrogen and oxygen atoms in total. The van der Waals surface area contributed by atoms with Crippen LogP contribution in [0, 0.1) is 10.1 Å². The van der Waals surface area contributed by atoms with Crippen LogP contribution in [0.15, 0.2) is 88.8 Å². The van der Waals surface area contributed by atoms with E-state index in [1.54, 1.807) is 48.7 Å². The second kappa shape index (κ2) is 8.10. The minimum atomic E-state index is -1.04. The number of pyridine rings is 1. The van der Waals surface area contributed by atoms with Crippen molar-refractivity contribution in [3.05, 3.63) is 106 Å². The van der Waals surface area contributed by atoms with E-state index in [0.29, 0.717) is 26.7 Å². The lowest BCUT2D eigenvalue weighted by atomic mass is 9.96. The zero-order valence-electron chi connectivity index (χ0n) is 18.2. The molecule has 36 heavy (non-hydrogen) atoms. The number of Topliss-reactive ketones (excluding diaryl/α,β-unsaturated/α-hetero) is 1. The first-order valence-corrected chi connectivity index (χ1v) is 11.5. The van der Waals surface area contributed by atoms with Gasteiger partial charge in [-0.05, 0) is 29.8 Å². The van der Waals surface area contributed by atoms with Gasteiger partial charge in [-0.2, -0.15) is 0 Å². The lowest BCUT2D eigenvalue weighted by Crippen LogP contribution is -2.31. The Kier molecular flexibility index (Phi) is 4.86. The summed E-state index contributed by atoms with van der Waals surface area (Å²) >= 11 is 1.04. The van der Waals surface area contributed by atoms with E-state index in [1.807, 2.05) is 0 Å². The molecule has 4 heterocycles. The molecule has 0 radical (unpaired) electrons. The predicted octanol–water partition coefficient (Wildman–Crippen LogP) is 5.13. The highest BCUT2D eigenvalue weighted by atomic mass is 32.1. The lowest BCUT2D eigenvalue weighted by molar-refractivity contribution is -0.384. The average Bonchev–Trinajstić information content (AvgIpc) is 3.57. The number of thiazole rings is 1. The van der Waals surface area contributed by atoms with E-state index in [9.17, 15) is 24.8 Å². The number of para-hydroxylation sites is 1. The molecule has 1 aliphatic rings. The van der Waals surface area contributed by atoms with E-state index in [2.05, 4.69) is 9.97 Å². The summed E-state index contributed by atoms with van der Waals surface area (Å²) in [6.45, 7) is 0. The molecule has 0 fully saturated rings. The molecule has 1 unspecified atom stereocenters. The predicted molar refractivity (Wildman–Crippen MR) is 131 cm³/mol. The second-order valence-corrected chi connectivity index (χ2v) is 9.02. The molecule has 0 aliphatic carbocycles. The molecule has 6 rings (SSSR count). The summed E-state index contributed by atoms with van der Waals surface area (Å²) < 4.78 is 6.20. The van der Waals surface area contributed by atoms with Gasteiger partial charge in [-0.15, -0.1) is 0 Å². The Morgan fingerprint density at radius 1 is 1.14 bits per heavy atom. The number of anilines is 1. The first-order valence-electron chi connectivity index (χ1n) is 10.7. The molecular formula is C25H14N4O6S. The van der Waals surface area contributed by atoms with Crippen molar-refractivity contribution in [2.45, 2.75) is 6.04 Å². The fourth-order valence-corrected chi connectivity index (χ4v) is 5.26. The summed E-state index contributed by atoms with van der Waals surface area (Å²) in [6.07, 6.45) is 3.04. The molecule has 11 heteroatoms. The fourth-order valence-electron chi connectivity index (χ4n) is 4.23. The number of amides is 1. The Labute approximate surface area is 205 Å². The number of furan rings is 1. The number of nitrogens with zero attached hydrogens (tertiary/aromatic N) is 4. The number of hydrogen-bond donors (Lipinski definition) is 1. The number of fused-ring (bicyclic) bond motifs is 2. The van der Waals surface area contributed by atoms with E-state index in [1.165, 1.54) is 29.3 Å². The van der Waals surface area contributed by atoms with Crippen molar-refractivity contribution < 1.29 is 24.0 Å². The van der Waals surface area contributed by atoms with Gasteiger partial charge in [0.1, 0.15) is 5.58 Å². The maximum Gasteiger partial charge on any atom is 0.296 e. The van der Waals surface area contributed by atoms with Crippen molar-refractivity contribution in [3.8, 4) is 0 Å². The van der Waals surface area contributed by atoms with E-state index in [-0.39, 0.29) is 22.2 Å². The average molecular weight is 498 g/mol. The second-order valence-electron chi connectivity index (χ2n) is 8.01. The van der Waals surface area contributed by atoms with Gasteiger partial charge < -0.3 is 9.52 Å². The number of aliphatic hydroxyl groups is 1. The zero-order valence-corrected chi connectivity index (χ0v) is 19.0. The van der Waals surface area contributed by atoms with Crippen LogP contribution in [0.25, 0.3) is 21.2 Å². The molecule has 5 aromatic rings. The number of carbonyl (C=O) groups excluding carboxylic acids is 2. The Morgan fingerprint density at radius 3 is 2.72 bits per heavy atom. The minimum Gasteiger partial charge on any atom is -0.503 e. The van der Waals surface area contributed by atoms with Gasteiger partial charge in [0, 0.05) is 29.9 Å². The van der Waals surface area contributed by atoms with Gasteiger partial charge in [0.2, 0.25) is 5.78 Å². The lowest BCUT2D eigenvalue weighted by Gasteiger charge is -2.23. The van der Waals surface area contributed by atoms with Crippen molar-refractivity contribution >= 4 is 55.0 Å². The van der Waals surface area contributed by atoms with Crippen LogP contribution in [0.5, 0.6) is 0 Å². The van der Waals surface area contributed by atoms with Crippen molar-refractivity contribution in [2.24, 2.45) is 0 Å². The molecule has 1 aliphatic heterocycles. The smallest absolute Gasteiger partial charge is 0.296 e. The molecule has 3 aromatic heterocycles. The molecule has 1 atom stereocenters. The standard InChI is InChI=1S/C25H14N4O6S/c30-22(18-10-13-4-1-2-6-17(13)35-18)20-21(14-5-3-9-26-12-14)28(24(32)23(20)31)25-27-16-8-7-15(29(33)34)11-19(16)36-25/h1-12,21,31H. The summed E-state index contributed by atoms with van der Waals surface area (Å²) in [6, 6.07) is 15.1. The minimum absolute atomic E-state index is 0.0267. The summed E-state index contributed by atoms with van der Waals surface area (Å²) in [4.78, 5) is 47.4. The number of non-ortho nitro benzene ring substituents is 1. The number of rotatable bonds is 5. The first-order chi connectivity index (χ1) is 17.4. The van der Waals surface area contributed by atoms with Crippen LogP contribution in [-0.4, -0.2) is 31.7 Å². The third-order valence-corrected chi connectivity index (χ3v) is 6.90. The number of hydrogen-bond acceptors (Lipinski definition) is 9. The van der Waals surface area contributed by atoms with Crippen molar-refractivity contribution in [1.29, 1.82) is 0 Å². The van der Waals surface area contributed by atoms with Gasteiger partial charge in [-0.1, -0.05) is 35.6 Å². The van der Waals surface area contributed by atoms with Gasteiger partial charge in [0.25, 0.3) is 11.6 Å². The van der Waals surface area contributed by atoms with Crippen LogP contribution in [-0.2, 0) is 4.79 Å². The van der Waals surface area contributed by atoms with Gasteiger partial charge in [0.15, 0.2) is 16.7 Å². The van der Waals surface area contributed by atoms with Crippen molar-refractivity contribution in [1.82, 2.24) is 9.97 Å². The first kappa shape index (κ1) is 21.6. The van der Waals surface area contributed by atoms with Crippen LogP contribution < -0.4 is 4.90 Å². The third kappa shape index (κ3) is 3.33. The molecular weight excluding hydrogens is 484 g/mol. The summed E-state index contributed by atoms with van der Waals surface area (Å²) in [5, 5.41) is 23.0. The normalized spacial score (nSPS) is 15.8. The Hall–Kier alpha value is -4.90. The van der Waals surface area contributed by atoms with Gasteiger partial charge in [0.05, 0.1) is 26.8 Å². The van der Waals surface area contributed by atoms with E-state index in [0.717, 1.165) is 11.3 Å². The molecule has 1 N–H and O–H groups in total. The van der Waals surface area contributed by atoms with E-state index >= 15 is 0 Å². The van der Waals surface area contributed by atoms with Crippen LogP contribution in [0.4, 0.5) is 10.8 Å². The van der Waals surface area contributed by atoms with E-state index < -0.39 is 28.4 Å². The van der Waals surface area contributed by atoms with Crippen LogP contribution in [0.3, 0.4) is 0 Å². The summed E-state index contributed by atoms with van der Waals surface area (Å²) in [5.74, 6) is -2.22. The van der Waals surface area contributed by atoms with Crippen molar-refractivity contribution in [2.75, 3.05) is 4.90 Å². The maximum atomic E-state index is 13.6. The molecule has 0 saturated heterocycles. The van der Waals surface area contributed by atoms with Crippen LogP contribution in [0.1, 0.15) is 22.2 Å². The van der Waals surface area contributed by atoms with Crippen LogP contribution >= 0.6 is 11.3 Å². The molecule has 176 valence electrons. The van der Waals surface area contributed by atoms with Gasteiger partial charge >= 0.3 is 0 Å². The maximum absolute atomic E-state index is 13.6. The quantitative estimate of drug-likeness (QED) is 0.200. The number of aromatic nitrogens is 2. The highest BCUT2D eigenvalue weighted by Crippen LogP contribution is 2.44. The third-order valence-electron chi connectivity index (χ3n) is 5.88. The highest BCUT2D eigenvalue weighted by Gasteiger charge is 2.46. The number of ketones is 1. The molecule has 0 spiro atoms. The summed E-state index contributed by atoms with van der Waals surface area (Å²) in [7, 11) is 0. The summed E-state index contributed by atoms with van der Waals surface area (Å²) in [5.41, 5.74) is 1.12. The fraction of sp³-hybridized carbons (Fsp3) is 0.0400. The Morgan fingerprint density at radius 2 is 1.97 bits per heavy atom. The molecule has 2 aromatic carbocycles. The largest absolute Gasteiger partial charge is 0.503 e. The highest BCUT2D eigenvalue weighted by molar-refractivity contribution is 7.22. The zero-order chi connectivity index (χ0) is 25.0. The number of carbonyl (C=O) groups is 2. The number of benzene rings is 2. The Balaban J connectivity index is 1.49. The number of aliphatic hydroxyl groups excluding tert-OH is 1. The van der Waals surface area contributed by atoms with E-state index in [4.69, 9.17) is 4.42 Å². The number of nitro benzene ring substituents is 1. The molecule has 0 saturated carbocycles. The SMILES string of the molecule is O=C(C1=C(O)C(=O)N(c2nc3ccc([N+](=O)[O-])cc3s2)C1c1cccnc1)c1cc2ccccc2o1.